The van der Waals surface area contributed by atoms with Crippen molar-refractivity contribution >= 4 is 12.0 Å². The molecule has 0 spiro atoms. The van der Waals surface area contributed by atoms with Gasteiger partial charge in [-0.15, -0.1) is 0 Å². The number of amides is 2. The maximum absolute atomic E-state index is 11.8. The highest BCUT2D eigenvalue weighted by atomic mass is 16.4. The Morgan fingerprint density at radius 1 is 1.22 bits per heavy atom. The van der Waals surface area contributed by atoms with Crippen molar-refractivity contribution in [1.82, 2.24) is 10.6 Å². The molecule has 0 saturated heterocycles. The smallest absolute Gasteiger partial charge is 0.326 e. The largest absolute Gasteiger partial charge is 0.480 e. The summed E-state index contributed by atoms with van der Waals surface area (Å²) in [6, 6.07) is -0.914. The minimum Gasteiger partial charge on any atom is -0.480 e. The van der Waals surface area contributed by atoms with Gasteiger partial charge < -0.3 is 15.7 Å². The fourth-order valence-corrected chi connectivity index (χ4v) is 3.29. The van der Waals surface area contributed by atoms with Gasteiger partial charge in [-0.1, -0.05) is 20.3 Å². The number of fused-ring (bicyclic) bond motifs is 2. The average Bonchev–Trinajstić information content (AvgIpc) is 2.86. The Morgan fingerprint density at radius 2 is 1.94 bits per heavy atom. The summed E-state index contributed by atoms with van der Waals surface area (Å²) in [5, 5.41) is 14.5. The van der Waals surface area contributed by atoms with E-state index in [9.17, 15) is 9.59 Å². The first-order valence-corrected chi connectivity index (χ1v) is 6.77. The zero-order valence-corrected chi connectivity index (χ0v) is 11.0. The molecular weight excluding hydrogens is 232 g/mol. The Labute approximate surface area is 107 Å². The molecule has 2 fully saturated rings. The Morgan fingerprint density at radius 3 is 2.39 bits per heavy atom. The van der Waals surface area contributed by atoms with E-state index in [0.717, 1.165) is 12.3 Å². The third-order valence-corrected chi connectivity index (χ3v) is 4.27. The molecule has 5 heteroatoms. The summed E-state index contributed by atoms with van der Waals surface area (Å²) in [4.78, 5) is 22.8. The minimum absolute atomic E-state index is 0.117. The number of carbonyl (C=O) groups is 2. The highest BCUT2D eigenvalue weighted by Gasteiger charge is 2.40. The van der Waals surface area contributed by atoms with E-state index in [4.69, 9.17) is 5.11 Å². The van der Waals surface area contributed by atoms with Crippen molar-refractivity contribution in [3.05, 3.63) is 0 Å². The van der Waals surface area contributed by atoms with Crippen LogP contribution in [0.1, 0.15) is 39.5 Å². The molecule has 3 unspecified atom stereocenters. The number of carbonyl (C=O) groups excluding carboxylic acids is 1. The number of carboxylic acids is 1. The normalized spacial score (nSPS) is 31.4. The molecule has 2 bridgehead atoms. The lowest BCUT2D eigenvalue weighted by molar-refractivity contribution is -0.140. The molecule has 4 atom stereocenters. The predicted molar refractivity (Wildman–Crippen MR) is 67.2 cm³/mol. The van der Waals surface area contributed by atoms with E-state index in [0.29, 0.717) is 5.92 Å². The standard InChI is InChI=1S/C13H22N2O3/c1-7(2)11(12(16)17)15-13(18)14-10-6-8-3-4-9(10)5-8/h7-11H,3-6H2,1-2H3,(H,16,17)(H2,14,15,18)/t8?,9?,10?,11-/m1/s1. The molecule has 2 amide bonds. The first-order chi connectivity index (χ1) is 8.47. The predicted octanol–water partition coefficient (Wildman–Crippen LogP) is 1.58. The Kier molecular flexibility index (Phi) is 3.78. The van der Waals surface area contributed by atoms with Crippen molar-refractivity contribution in [2.24, 2.45) is 17.8 Å². The van der Waals surface area contributed by atoms with E-state index >= 15 is 0 Å². The second-order valence-corrected chi connectivity index (χ2v) is 5.96. The fraction of sp³-hybridized carbons (Fsp3) is 0.846. The molecule has 18 heavy (non-hydrogen) atoms. The molecule has 3 N–H and O–H groups in total. The summed E-state index contributed by atoms with van der Waals surface area (Å²) in [7, 11) is 0. The van der Waals surface area contributed by atoms with Crippen LogP contribution in [0.4, 0.5) is 4.79 Å². The second kappa shape index (κ2) is 5.16. The van der Waals surface area contributed by atoms with Crippen molar-refractivity contribution in [3.63, 3.8) is 0 Å². The summed E-state index contributed by atoms with van der Waals surface area (Å²) >= 11 is 0. The third kappa shape index (κ3) is 2.76. The molecule has 0 heterocycles. The van der Waals surface area contributed by atoms with Gasteiger partial charge in [-0.3, -0.25) is 0 Å². The van der Waals surface area contributed by atoms with E-state index in [-0.39, 0.29) is 18.0 Å². The van der Waals surface area contributed by atoms with Crippen LogP contribution in [0.5, 0.6) is 0 Å². The van der Waals surface area contributed by atoms with Gasteiger partial charge in [0.25, 0.3) is 0 Å². The lowest BCUT2D eigenvalue weighted by atomic mass is 9.95. The first kappa shape index (κ1) is 13.2. The zero-order valence-electron chi connectivity index (χ0n) is 11.0. The molecule has 5 nitrogen and oxygen atoms in total. The number of hydrogen-bond donors (Lipinski definition) is 3. The van der Waals surface area contributed by atoms with Gasteiger partial charge in [-0.05, 0) is 37.0 Å². The molecule has 102 valence electrons. The maximum atomic E-state index is 11.8. The van der Waals surface area contributed by atoms with Gasteiger partial charge in [-0.2, -0.15) is 0 Å². The van der Waals surface area contributed by atoms with E-state index in [2.05, 4.69) is 10.6 Å². The topological polar surface area (TPSA) is 78.4 Å². The Bertz CT molecular complexity index is 343. The molecule has 2 rings (SSSR count). The number of urea groups is 1. The number of nitrogens with one attached hydrogen (secondary N) is 2. The number of rotatable bonds is 4. The van der Waals surface area contributed by atoms with Crippen molar-refractivity contribution in [1.29, 1.82) is 0 Å². The third-order valence-electron chi connectivity index (χ3n) is 4.27. The van der Waals surface area contributed by atoms with Crippen molar-refractivity contribution in [3.8, 4) is 0 Å². The lowest BCUT2D eigenvalue weighted by Gasteiger charge is -2.25. The van der Waals surface area contributed by atoms with Crippen LogP contribution < -0.4 is 10.6 Å². The minimum atomic E-state index is -0.979. The van der Waals surface area contributed by atoms with Crippen LogP contribution in [-0.2, 0) is 4.79 Å². The fourth-order valence-electron chi connectivity index (χ4n) is 3.29. The maximum Gasteiger partial charge on any atom is 0.326 e. The van der Waals surface area contributed by atoms with Crippen LogP contribution in [-0.4, -0.2) is 29.2 Å². The first-order valence-electron chi connectivity index (χ1n) is 6.77. The number of hydrogen-bond acceptors (Lipinski definition) is 2. The van der Waals surface area contributed by atoms with Crippen LogP contribution in [0.15, 0.2) is 0 Å². The van der Waals surface area contributed by atoms with E-state index in [1.54, 1.807) is 13.8 Å². The van der Waals surface area contributed by atoms with Crippen LogP contribution >= 0.6 is 0 Å². The molecule has 0 radical (unpaired) electrons. The Balaban J connectivity index is 1.83. The molecule has 2 aliphatic carbocycles. The summed E-state index contributed by atoms with van der Waals surface area (Å²) in [6.07, 6.45) is 4.76. The molecular formula is C13H22N2O3. The number of carboxylic acid groups (broad SMARTS) is 1. The van der Waals surface area contributed by atoms with Crippen LogP contribution in [0.3, 0.4) is 0 Å². The van der Waals surface area contributed by atoms with Gasteiger partial charge in [0.1, 0.15) is 6.04 Å². The number of aliphatic carboxylic acids is 1. The second-order valence-electron chi connectivity index (χ2n) is 5.96. The lowest BCUT2D eigenvalue weighted by Crippen LogP contribution is -2.51. The molecule has 0 aromatic rings. The highest BCUT2D eigenvalue weighted by molar-refractivity contribution is 5.82. The van der Waals surface area contributed by atoms with Gasteiger partial charge in [0, 0.05) is 6.04 Å². The quantitative estimate of drug-likeness (QED) is 0.712. The zero-order chi connectivity index (χ0) is 13.3. The van der Waals surface area contributed by atoms with Crippen molar-refractivity contribution in [2.45, 2.75) is 51.6 Å². The van der Waals surface area contributed by atoms with Crippen molar-refractivity contribution < 1.29 is 14.7 Å². The molecule has 2 aliphatic rings. The molecule has 0 aromatic carbocycles. The van der Waals surface area contributed by atoms with Crippen molar-refractivity contribution in [2.75, 3.05) is 0 Å². The highest BCUT2D eigenvalue weighted by Crippen LogP contribution is 2.44. The SMILES string of the molecule is CC(C)[C@@H](NC(=O)NC1CC2CCC1C2)C(=O)O. The monoisotopic (exact) mass is 254 g/mol. The van der Waals surface area contributed by atoms with Crippen LogP contribution in [0, 0.1) is 17.8 Å². The molecule has 0 aromatic heterocycles. The Hall–Kier alpha value is -1.26. The molecule has 2 saturated carbocycles. The van der Waals surface area contributed by atoms with Gasteiger partial charge in [0.2, 0.25) is 0 Å². The van der Waals surface area contributed by atoms with Gasteiger partial charge >= 0.3 is 12.0 Å². The molecule has 0 aliphatic heterocycles. The van der Waals surface area contributed by atoms with Gasteiger partial charge in [-0.25, -0.2) is 9.59 Å². The summed E-state index contributed by atoms with van der Waals surface area (Å²) in [5.41, 5.74) is 0. The van der Waals surface area contributed by atoms with Crippen LogP contribution in [0.2, 0.25) is 0 Å². The van der Waals surface area contributed by atoms with E-state index < -0.39 is 12.0 Å². The average molecular weight is 254 g/mol. The summed E-state index contributed by atoms with van der Waals surface area (Å²) in [6.45, 7) is 3.58. The van der Waals surface area contributed by atoms with Gasteiger partial charge in [0.15, 0.2) is 0 Å². The van der Waals surface area contributed by atoms with E-state index in [1.165, 1.54) is 19.3 Å². The summed E-state index contributed by atoms with van der Waals surface area (Å²) in [5.74, 6) is 0.269. The van der Waals surface area contributed by atoms with E-state index in [1.807, 2.05) is 0 Å². The van der Waals surface area contributed by atoms with Gasteiger partial charge in [0.05, 0.1) is 0 Å². The van der Waals surface area contributed by atoms with Crippen LogP contribution in [0.25, 0.3) is 0 Å². The summed E-state index contributed by atoms with van der Waals surface area (Å²) < 4.78 is 0.